The van der Waals surface area contributed by atoms with E-state index in [2.05, 4.69) is 52.0 Å². The van der Waals surface area contributed by atoms with Crippen molar-refractivity contribution >= 4 is 0 Å². The Hall–Kier alpha value is -1.24. The van der Waals surface area contributed by atoms with E-state index in [0.717, 1.165) is 12.2 Å². The van der Waals surface area contributed by atoms with Crippen molar-refractivity contribution in [1.82, 2.24) is 0 Å². The zero-order valence-corrected chi connectivity index (χ0v) is 11.5. The van der Waals surface area contributed by atoms with Crippen LogP contribution >= 0.6 is 0 Å². The lowest BCUT2D eigenvalue weighted by Crippen LogP contribution is -1.94. The highest BCUT2D eigenvalue weighted by atomic mass is 16.5. The Morgan fingerprint density at radius 1 is 1.29 bits per heavy atom. The highest BCUT2D eigenvalue weighted by Crippen LogP contribution is 2.27. The first-order chi connectivity index (χ1) is 8.15. The van der Waals surface area contributed by atoms with Gasteiger partial charge in [-0.05, 0) is 49.0 Å². The third kappa shape index (κ3) is 4.64. The SMILES string of the molecule is CCCCC=COc1cc(C)ccc1C(C)C. The van der Waals surface area contributed by atoms with E-state index >= 15 is 0 Å². The fraction of sp³-hybridized carbons (Fsp3) is 0.500. The van der Waals surface area contributed by atoms with Crippen LogP contribution in [-0.4, -0.2) is 0 Å². The quantitative estimate of drug-likeness (QED) is 0.484. The Balaban J connectivity index is 2.68. The van der Waals surface area contributed by atoms with Crippen molar-refractivity contribution in [3.8, 4) is 5.75 Å². The van der Waals surface area contributed by atoms with E-state index in [1.807, 2.05) is 6.26 Å². The van der Waals surface area contributed by atoms with Crippen molar-refractivity contribution in [2.75, 3.05) is 0 Å². The molecule has 0 atom stereocenters. The lowest BCUT2D eigenvalue weighted by atomic mass is 10.0. The van der Waals surface area contributed by atoms with E-state index in [4.69, 9.17) is 4.74 Å². The van der Waals surface area contributed by atoms with Gasteiger partial charge in [0.15, 0.2) is 0 Å². The Kier molecular flexibility index (Phi) is 5.82. The van der Waals surface area contributed by atoms with Crippen LogP contribution in [0.3, 0.4) is 0 Å². The van der Waals surface area contributed by atoms with Crippen LogP contribution in [0.2, 0.25) is 0 Å². The van der Waals surface area contributed by atoms with Crippen molar-refractivity contribution in [3.63, 3.8) is 0 Å². The van der Waals surface area contributed by atoms with Gasteiger partial charge in [-0.3, -0.25) is 0 Å². The second-order valence-corrected chi connectivity index (χ2v) is 4.83. The van der Waals surface area contributed by atoms with Gasteiger partial charge in [0.2, 0.25) is 0 Å². The minimum atomic E-state index is 0.495. The predicted molar refractivity (Wildman–Crippen MR) is 74.6 cm³/mol. The summed E-state index contributed by atoms with van der Waals surface area (Å²) in [7, 11) is 0. The minimum absolute atomic E-state index is 0.495. The van der Waals surface area contributed by atoms with E-state index in [1.54, 1.807) is 0 Å². The molecule has 0 heterocycles. The summed E-state index contributed by atoms with van der Waals surface area (Å²) in [6.45, 7) is 8.68. The van der Waals surface area contributed by atoms with Crippen molar-refractivity contribution in [1.29, 1.82) is 0 Å². The topological polar surface area (TPSA) is 9.23 Å². The summed E-state index contributed by atoms with van der Waals surface area (Å²) in [6, 6.07) is 6.41. The fourth-order valence-electron chi connectivity index (χ4n) is 1.73. The van der Waals surface area contributed by atoms with Crippen molar-refractivity contribution in [3.05, 3.63) is 41.7 Å². The molecular weight excluding hydrogens is 208 g/mol. The molecule has 1 nitrogen and oxygen atoms in total. The number of allylic oxidation sites excluding steroid dienone is 1. The van der Waals surface area contributed by atoms with Crippen LogP contribution < -0.4 is 4.74 Å². The van der Waals surface area contributed by atoms with Gasteiger partial charge >= 0.3 is 0 Å². The maximum absolute atomic E-state index is 5.75. The van der Waals surface area contributed by atoms with Crippen molar-refractivity contribution < 1.29 is 4.74 Å². The highest BCUT2D eigenvalue weighted by molar-refractivity contribution is 5.39. The molecule has 0 saturated heterocycles. The predicted octanol–water partition coefficient (Wildman–Crippen LogP) is 5.20. The van der Waals surface area contributed by atoms with Crippen LogP contribution in [0.25, 0.3) is 0 Å². The normalized spacial score (nSPS) is 11.4. The molecule has 1 rings (SSSR count). The van der Waals surface area contributed by atoms with Gasteiger partial charge in [0.25, 0.3) is 0 Å². The number of benzene rings is 1. The van der Waals surface area contributed by atoms with Gasteiger partial charge in [0, 0.05) is 0 Å². The maximum atomic E-state index is 5.75. The molecule has 0 aliphatic heterocycles. The molecule has 0 radical (unpaired) electrons. The third-order valence-corrected chi connectivity index (χ3v) is 2.81. The summed E-state index contributed by atoms with van der Waals surface area (Å²) < 4.78 is 5.75. The standard InChI is InChI=1S/C16H24O/c1-5-6-7-8-11-17-16-12-14(4)9-10-15(16)13(2)3/h8-13H,5-7H2,1-4H3. The summed E-state index contributed by atoms with van der Waals surface area (Å²) in [5.74, 6) is 1.49. The molecule has 94 valence electrons. The van der Waals surface area contributed by atoms with Crippen LogP contribution in [0.15, 0.2) is 30.5 Å². The fourth-order valence-corrected chi connectivity index (χ4v) is 1.73. The van der Waals surface area contributed by atoms with Crippen LogP contribution in [0.1, 0.15) is 57.1 Å². The molecule has 1 heteroatoms. The molecule has 0 spiro atoms. The first kappa shape index (κ1) is 13.8. The number of hydrogen-bond acceptors (Lipinski definition) is 1. The highest BCUT2D eigenvalue weighted by Gasteiger charge is 2.06. The lowest BCUT2D eigenvalue weighted by Gasteiger charge is -2.12. The van der Waals surface area contributed by atoms with Crippen LogP contribution in [0.4, 0.5) is 0 Å². The van der Waals surface area contributed by atoms with Gasteiger partial charge in [-0.15, -0.1) is 0 Å². The molecule has 0 fully saturated rings. The molecule has 0 bridgehead atoms. The van der Waals surface area contributed by atoms with Gasteiger partial charge in [0.05, 0.1) is 6.26 Å². The van der Waals surface area contributed by atoms with E-state index in [1.165, 1.54) is 24.0 Å². The zero-order chi connectivity index (χ0) is 12.7. The van der Waals surface area contributed by atoms with Gasteiger partial charge < -0.3 is 4.74 Å². The Morgan fingerprint density at radius 2 is 2.06 bits per heavy atom. The molecule has 0 aliphatic carbocycles. The average Bonchev–Trinajstić information content (AvgIpc) is 2.28. The zero-order valence-electron chi connectivity index (χ0n) is 11.5. The van der Waals surface area contributed by atoms with Crippen LogP contribution in [0.5, 0.6) is 5.75 Å². The summed E-state index contributed by atoms with van der Waals surface area (Å²) in [5, 5.41) is 0. The Morgan fingerprint density at radius 3 is 2.71 bits per heavy atom. The van der Waals surface area contributed by atoms with E-state index in [0.29, 0.717) is 5.92 Å². The molecule has 0 saturated carbocycles. The molecule has 0 N–H and O–H groups in total. The number of unbranched alkanes of at least 4 members (excludes halogenated alkanes) is 2. The summed E-state index contributed by atoms with van der Waals surface area (Å²) >= 11 is 0. The molecule has 0 aromatic heterocycles. The largest absolute Gasteiger partial charge is 0.465 e. The molecule has 0 amide bonds. The van der Waals surface area contributed by atoms with Crippen molar-refractivity contribution in [2.45, 2.75) is 52.9 Å². The number of aryl methyl sites for hydroxylation is 1. The molecule has 1 aromatic rings. The number of hydrogen-bond donors (Lipinski definition) is 0. The van der Waals surface area contributed by atoms with E-state index in [-0.39, 0.29) is 0 Å². The number of rotatable bonds is 6. The Bertz CT molecular complexity index is 364. The second kappa shape index (κ2) is 7.16. The molecule has 0 aliphatic rings. The van der Waals surface area contributed by atoms with E-state index in [9.17, 15) is 0 Å². The lowest BCUT2D eigenvalue weighted by molar-refractivity contribution is 0.468. The maximum Gasteiger partial charge on any atom is 0.130 e. The van der Waals surface area contributed by atoms with Gasteiger partial charge in [-0.25, -0.2) is 0 Å². The van der Waals surface area contributed by atoms with Gasteiger partial charge in [-0.2, -0.15) is 0 Å². The third-order valence-electron chi connectivity index (χ3n) is 2.81. The molecule has 0 unspecified atom stereocenters. The summed E-state index contributed by atoms with van der Waals surface area (Å²) in [6.07, 6.45) is 7.49. The van der Waals surface area contributed by atoms with Crippen LogP contribution in [-0.2, 0) is 0 Å². The second-order valence-electron chi connectivity index (χ2n) is 4.83. The first-order valence-corrected chi connectivity index (χ1v) is 6.57. The minimum Gasteiger partial charge on any atom is -0.465 e. The monoisotopic (exact) mass is 232 g/mol. The molecular formula is C16H24O. The number of ether oxygens (including phenoxy) is 1. The van der Waals surface area contributed by atoms with Gasteiger partial charge in [0.1, 0.15) is 5.75 Å². The first-order valence-electron chi connectivity index (χ1n) is 6.57. The molecule has 17 heavy (non-hydrogen) atoms. The summed E-state index contributed by atoms with van der Waals surface area (Å²) in [4.78, 5) is 0. The summed E-state index contributed by atoms with van der Waals surface area (Å²) in [5.41, 5.74) is 2.52. The van der Waals surface area contributed by atoms with Gasteiger partial charge in [-0.1, -0.05) is 39.3 Å². The van der Waals surface area contributed by atoms with Crippen molar-refractivity contribution in [2.24, 2.45) is 0 Å². The van der Waals surface area contributed by atoms with E-state index < -0.39 is 0 Å². The Labute approximate surface area is 106 Å². The average molecular weight is 232 g/mol. The van der Waals surface area contributed by atoms with Crippen LogP contribution in [0, 0.1) is 6.92 Å². The molecule has 1 aromatic carbocycles. The smallest absolute Gasteiger partial charge is 0.130 e.